The fourth-order valence-electron chi connectivity index (χ4n) is 1.98. The Bertz CT molecular complexity index is 449. The van der Waals surface area contributed by atoms with Crippen LogP contribution >= 0.6 is 0 Å². The summed E-state index contributed by atoms with van der Waals surface area (Å²) in [5.41, 5.74) is 3.89. The van der Waals surface area contributed by atoms with E-state index in [9.17, 15) is 9.59 Å². The molecule has 1 aromatic carbocycles. The van der Waals surface area contributed by atoms with Crippen molar-refractivity contribution in [2.24, 2.45) is 0 Å². The zero-order chi connectivity index (χ0) is 11.7. The van der Waals surface area contributed by atoms with Crippen molar-refractivity contribution in [1.29, 1.82) is 0 Å². The van der Waals surface area contributed by atoms with Crippen molar-refractivity contribution in [1.82, 2.24) is 0 Å². The third-order valence-electron chi connectivity index (χ3n) is 3.02. The van der Waals surface area contributed by atoms with E-state index in [2.05, 4.69) is 0 Å². The number of esters is 1. The maximum absolute atomic E-state index is 11.7. The van der Waals surface area contributed by atoms with Gasteiger partial charge in [-0.1, -0.05) is 6.07 Å². The molecule has 0 spiro atoms. The van der Waals surface area contributed by atoms with Crippen LogP contribution in [0, 0.1) is 13.8 Å². The van der Waals surface area contributed by atoms with Gasteiger partial charge in [0.1, 0.15) is 12.4 Å². The molecule has 0 fully saturated rings. The summed E-state index contributed by atoms with van der Waals surface area (Å²) in [4.78, 5) is 22.1. The minimum Gasteiger partial charge on any atom is -0.458 e. The predicted octanol–water partition coefficient (Wildman–Crippen LogP) is 1.97. The highest BCUT2D eigenvalue weighted by Crippen LogP contribution is 2.24. The van der Waals surface area contributed by atoms with Crippen LogP contribution in [0.3, 0.4) is 0 Å². The molecule has 3 heteroatoms. The number of fused-ring (bicyclic) bond motifs is 1. The van der Waals surface area contributed by atoms with Crippen molar-refractivity contribution in [2.45, 2.75) is 32.8 Å². The molecule has 0 amide bonds. The number of aldehydes is 1. The molecule has 1 aliphatic heterocycles. The SMILES string of the molecule is Cc1cc2c(cc1C)C(=O)OC(CC=O)C2. The summed E-state index contributed by atoms with van der Waals surface area (Å²) in [6.45, 7) is 3.99. The van der Waals surface area contributed by atoms with E-state index >= 15 is 0 Å². The fourth-order valence-corrected chi connectivity index (χ4v) is 1.98. The molecule has 3 nitrogen and oxygen atoms in total. The molecule has 1 aliphatic rings. The first-order valence-corrected chi connectivity index (χ1v) is 5.36. The van der Waals surface area contributed by atoms with Gasteiger partial charge in [-0.05, 0) is 36.6 Å². The van der Waals surface area contributed by atoms with Gasteiger partial charge in [-0.25, -0.2) is 4.79 Å². The molecule has 1 unspecified atom stereocenters. The summed E-state index contributed by atoms with van der Waals surface area (Å²) in [7, 11) is 0. The Morgan fingerprint density at radius 3 is 2.75 bits per heavy atom. The van der Waals surface area contributed by atoms with Crippen molar-refractivity contribution < 1.29 is 14.3 Å². The average Bonchev–Trinajstić information content (AvgIpc) is 2.22. The maximum Gasteiger partial charge on any atom is 0.338 e. The van der Waals surface area contributed by atoms with Gasteiger partial charge in [0.2, 0.25) is 0 Å². The van der Waals surface area contributed by atoms with Crippen molar-refractivity contribution in [3.8, 4) is 0 Å². The average molecular weight is 218 g/mol. The highest BCUT2D eigenvalue weighted by molar-refractivity contribution is 5.92. The highest BCUT2D eigenvalue weighted by Gasteiger charge is 2.26. The predicted molar refractivity (Wildman–Crippen MR) is 59.5 cm³/mol. The summed E-state index contributed by atoms with van der Waals surface area (Å²) >= 11 is 0. The number of carbonyl (C=O) groups excluding carboxylic acids is 2. The smallest absolute Gasteiger partial charge is 0.338 e. The maximum atomic E-state index is 11.7. The monoisotopic (exact) mass is 218 g/mol. The third kappa shape index (κ3) is 1.85. The summed E-state index contributed by atoms with van der Waals surface area (Å²) in [6.07, 6.45) is 1.42. The largest absolute Gasteiger partial charge is 0.458 e. The summed E-state index contributed by atoms with van der Waals surface area (Å²) in [6, 6.07) is 3.88. The quantitative estimate of drug-likeness (QED) is 0.563. The molecule has 2 rings (SSSR count). The van der Waals surface area contributed by atoms with E-state index < -0.39 is 0 Å². The Kier molecular flexibility index (Phi) is 2.77. The first-order valence-electron chi connectivity index (χ1n) is 5.36. The minimum atomic E-state index is -0.309. The number of ether oxygens (including phenoxy) is 1. The molecule has 1 heterocycles. The van der Waals surface area contributed by atoms with Crippen molar-refractivity contribution in [3.05, 3.63) is 34.4 Å². The lowest BCUT2D eigenvalue weighted by molar-refractivity contribution is -0.109. The van der Waals surface area contributed by atoms with Crippen LogP contribution in [0.15, 0.2) is 12.1 Å². The van der Waals surface area contributed by atoms with E-state index in [-0.39, 0.29) is 18.5 Å². The normalized spacial score (nSPS) is 18.9. The van der Waals surface area contributed by atoms with E-state index in [4.69, 9.17) is 4.74 Å². The second kappa shape index (κ2) is 4.08. The zero-order valence-electron chi connectivity index (χ0n) is 9.45. The number of rotatable bonds is 2. The van der Waals surface area contributed by atoms with Crippen molar-refractivity contribution in [2.75, 3.05) is 0 Å². The first kappa shape index (κ1) is 10.9. The number of carbonyl (C=O) groups is 2. The van der Waals surface area contributed by atoms with E-state index in [1.54, 1.807) is 0 Å². The van der Waals surface area contributed by atoms with Gasteiger partial charge in [-0.3, -0.25) is 0 Å². The zero-order valence-corrected chi connectivity index (χ0v) is 9.45. The second-order valence-corrected chi connectivity index (χ2v) is 4.23. The minimum absolute atomic E-state index is 0.276. The molecule has 84 valence electrons. The molecule has 1 atom stereocenters. The van der Waals surface area contributed by atoms with Gasteiger partial charge in [0.15, 0.2) is 0 Å². The van der Waals surface area contributed by atoms with Gasteiger partial charge in [0, 0.05) is 12.8 Å². The van der Waals surface area contributed by atoms with Gasteiger partial charge in [0.25, 0.3) is 0 Å². The van der Waals surface area contributed by atoms with Crippen LogP contribution in [0.5, 0.6) is 0 Å². The van der Waals surface area contributed by atoms with Crippen LogP contribution in [-0.2, 0) is 16.0 Å². The molecule has 0 radical (unpaired) electrons. The number of aryl methyl sites for hydroxylation is 2. The Labute approximate surface area is 94.4 Å². The lowest BCUT2D eigenvalue weighted by Gasteiger charge is -2.24. The number of hydrogen-bond donors (Lipinski definition) is 0. The lowest BCUT2D eigenvalue weighted by Crippen LogP contribution is -2.28. The molecule has 0 saturated carbocycles. The molecular formula is C13H14O3. The number of cyclic esters (lactones) is 1. The summed E-state index contributed by atoms with van der Waals surface area (Å²) in [5.74, 6) is -0.309. The first-order chi connectivity index (χ1) is 7.61. The molecule has 0 aliphatic carbocycles. The second-order valence-electron chi connectivity index (χ2n) is 4.23. The van der Waals surface area contributed by atoms with E-state index in [1.807, 2.05) is 26.0 Å². The Balaban J connectivity index is 2.38. The van der Waals surface area contributed by atoms with E-state index in [1.165, 1.54) is 5.56 Å². The molecule has 0 saturated heterocycles. The Morgan fingerprint density at radius 1 is 1.38 bits per heavy atom. The molecule has 0 bridgehead atoms. The van der Waals surface area contributed by atoms with E-state index in [0.717, 1.165) is 17.4 Å². The van der Waals surface area contributed by atoms with Gasteiger partial charge < -0.3 is 9.53 Å². The van der Waals surface area contributed by atoms with Crippen molar-refractivity contribution >= 4 is 12.3 Å². The topological polar surface area (TPSA) is 43.4 Å². The molecule has 0 aromatic heterocycles. The van der Waals surface area contributed by atoms with E-state index in [0.29, 0.717) is 12.0 Å². The van der Waals surface area contributed by atoms with Gasteiger partial charge in [-0.2, -0.15) is 0 Å². The van der Waals surface area contributed by atoms with Crippen LogP contribution in [0.4, 0.5) is 0 Å². The molecule has 16 heavy (non-hydrogen) atoms. The Hall–Kier alpha value is -1.64. The van der Waals surface area contributed by atoms with Crippen LogP contribution < -0.4 is 0 Å². The van der Waals surface area contributed by atoms with Gasteiger partial charge in [-0.15, -0.1) is 0 Å². The number of hydrogen-bond acceptors (Lipinski definition) is 3. The van der Waals surface area contributed by atoms with Gasteiger partial charge >= 0.3 is 5.97 Å². The summed E-state index contributed by atoms with van der Waals surface area (Å²) in [5, 5.41) is 0. The summed E-state index contributed by atoms with van der Waals surface area (Å²) < 4.78 is 5.18. The van der Waals surface area contributed by atoms with Gasteiger partial charge in [0.05, 0.1) is 5.56 Å². The number of benzene rings is 1. The van der Waals surface area contributed by atoms with Crippen LogP contribution in [-0.4, -0.2) is 18.4 Å². The van der Waals surface area contributed by atoms with Crippen LogP contribution in [0.25, 0.3) is 0 Å². The standard InChI is InChI=1S/C13H14O3/c1-8-5-10-7-11(3-4-14)16-13(15)12(10)6-9(8)2/h4-6,11H,3,7H2,1-2H3. The third-order valence-corrected chi connectivity index (χ3v) is 3.02. The Morgan fingerprint density at radius 2 is 2.06 bits per heavy atom. The highest BCUT2D eigenvalue weighted by atomic mass is 16.5. The molecule has 1 aromatic rings. The fraction of sp³-hybridized carbons (Fsp3) is 0.385. The van der Waals surface area contributed by atoms with Crippen LogP contribution in [0.1, 0.15) is 33.5 Å². The molecule has 0 N–H and O–H groups in total. The molecular weight excluding hydrogens is 204 g/mol. The van der Waals surface area contributed by atoms with Crippen LogP contribution in [0.2, 0.25) is 0 Å². The lowest BCUT2D eigenvalue weighted by atomic mass is 9.93. The van der Waals surface area contributed by atoms with Crippen molar-refractivity contribution in [3.63, 3.8) is 0 Å².